The first-order valence-corrected chi connectivity index (χ1v) is 8.05. The van der Waals surface area contributed by atoms with Crippen LogP contribution in [-0.2, 0) is 9.53 Å². The van der Waals surface area contributed by atoms with Crippen LogP contribution in [0, 0.1) is 11.8 Å². The van der Waals surface area contributed by atoms with Gasteiger partial charge in [-0.1, -0.05) is 31.2 Å². The lowest BCUT2D eigenvalue weighted by atomic mass is 9.78. The van der Waals surface area contributed by atoms with Gasteiger partial charge in [0.25, 0.3) is 6.47 Å². The molecule has 0 bridgehead atoms. The number of ketones is 1. The molecule has 0 aromatic heterocycles. The lowest BCUT2D eigenvalue weighted by Crippen LogP contribution is -2.25. The third-order valence-electron chi connectivity index (χ3n) is 4.73. The van der Waals surface area contributed by atoms with Crippen LogP contribution in [0.3, 0.4) is 0 Å². The first kappa shape index (κ1) is 16.7. The summed E-state index contributed by atoms with van der Waals surface area (Å²) >= 11 is 0. The summed E-state index contributed by atoms with van der Waals surface area (Å²) < 4.78 is 4.79. The van der Waals surface area contributed by atoms with Gasteiger partial charge < -0.3 is 10.5 Å². The second-order valence-electron chi connectivity index (χ2n) is 6.27. The number of Topliss-reactive ketones (excluding diaryl/α,β-unsaturated/α-hetero) is 1. The van der Waals surface area contributed by atoms with E-state index in [1.165, 1.54) is 0 Å². The van der Waals surface area contributed by atoms with Crippen molar-refractivity contribution in [3.8, 4) is 0 Å². The Hall–Kier alpha value is -1.68. The minimum absolute atomic E-state index is 0.134. The molecule has 0 amide bonds. The van der Waals surface area contributed by atoms with E-state index >= 15 is 0 Å². The molecule has 0 heterocycles. The molecule has 1 aromatic carbocycles. The van der Waals surface area contributed by atoms with Crippen molar-refractivity contribution in [1.29, 1.82) is 0 Å². The molecule has 1 unspecified atom stereocenters. The fraction of sp³-hybridized carbons (Fsp3) is 0.556. The minimum Gasteiger partial charge on any atom is -0.467 e. The summed E-state index contributed by atoms with van der Waals surface area (Å²) in [4.78, 5) is 22.8. The molecule has 0 aliphatic heterocycles. The first-order chi connectivity index (χ1) is 10.7. The van der Waals surface area contributed by atoms with Crippen molar-refractivity contribution in [2.45, 2.75) is 38.5 Å². The van der Waals surface area contributed by atoms with Gasteiger partial charge in [0.15, 0.2) is 5.78 Å². The lowest BCUT2D eigenvalue weighted by molar-refractivity contribution is -0.129. The van der Waals surface area contributed by atoms with Gasteiger partial charge >= 0.3 is 0 Å². The Morgan fingerprint density at radius 3 is 2.45 bits per heavy atom. The molecule has 1 atom stereocenters. The van der Waals surface area contributed by atoms with E-state index in [4.69, 9.17) is 10.5 Å². The maximum absolute atomic E-state index is 12.5. The number of benzene rings is 1. The molecule has 4 nitrogen and oxygen atoms in total. The third-order valence-corrected chi connectivity index (χ3v) is 4.73. The van der Waals surface area contributed by atoms with Crippen LogP contribution in [0.1, 0.15) is 54.4 Å². The molecule has 1 saturated carbocycles. The molecule has 1 fully saturated rings. The largest absolute Gasteiger partial charge is 0.467 e. The highest BCUT2D eigenvalue weighted by molar-refractivity contribution is 5.97. The normalized spacial score (nSPS) is 22.8. The molecular weight excluding hydrogens is 278 g/mol. The second-order valence-corrected chi connectivity index (χ2v) is 6.27. The van der Waals surface area contributed by atoms with Crippen molar-refractivity contribution >= 4 is 12.3 Å². The Labute approximate surface area is 132 Å². The van der Waals surface area contributed by atoms with Crippen LogP contribution < -0.4 is 5.73 Å². The van der Waals surface area contributed by atoms with E-state index in [2.05, 4.69) is 0 Å². The number of nitrogens with two attached hydrogens (primary N) is 1. The number of hydrogen-bond acceptors (Lipinski definition) is 4. The molecule has 0 spiro atoms. The maximum atomic E-state index is 12.5. The van der Waals surface area contributed by atoms with Gasteiger partial charge in [-0.25, -0.2) is 0 Å². The molecular formula is C18H25NO3. The van der Waals surface area contributed by atoms with Crippen molar-refractivity contribution in [3.05, 3.63) is 35.4 Å². The van der Waals surface area contributed by atoms with E-state index in [-0.39, 0.29) is 17.6 Å². The average molecular weight is 303 g/mol. The quantitative estimate of drug-likeness (QED) is 0.621. The molecule has 0 saturated heterocycles. The predicted molar refractivity (Wildman–Crippen MR) is 85.7 cm³/mol. The van der Waals surface area contributed by atoms with Crippen LogP contribution in [0.2, 0.25) is 0 Å². The Morgan fingerprint density at radius 1 is 1.27 bits per heavy atom. The number of ether oxygens (including phenoxy) is 1. The van der Waals surface area contributed by atoms with E-state index < -0.39 is 0 Å². The van der Waals surface area contributed by atoms with Gasteiger partial charge in [0.2, 0.25) is 0 Å². The average Bonchev–Trinajstić information content (AvgIpc) is 2.59. The summed E-state index contributed by atoms with van der Waals surface area (Å²) in [6, 6.07) is 7.70. The van der Waals surface area contributed by atoms with Gasteiger partial charge in [-0.3, -0.25) is 9.59 Å². The second kappa shape index (κ2) is 8.08. The zero-order chi connectivity index (χ0) is 15.9. The molecule has 120 valence electrons. The maximum Gasteiger partial charge on any atom is 0.293 e. The van der Waals surface area contributed by atoms with Crippen molar-refractivity contribution in [3.63, 3.8) is 0 Å². The van der Waals surface area contributed by atoms with Crippen molar-refractivity contribution in [2.75, 3.05) is 13.2 Å². The van der Waals surface area contributed by atoms with Gasteiger partial charge in [0, 0.05) is 17.4 Å². The summed E-state index contributed by atoms with van der Waals surface area (Å²) in [5.74, 6) is 1.11. The lowest BCUT2D eigenvalue weighted by Gasteiger charge is -2.26. The van der Waals surface area contributed by atoms with Gasteiger partial charge in [0.1, 0.15) is 0 Å². The summed E-state index contributed by atoms with van der Waals surface area (Å²) in [5, 5.41) is 0. The van der Waals surface area contributed by atoms with E-state index in [1.807, 2.05) is 31.2 Å². The molecule has 1 aliphatic rings. The highest BCUT2D eigenvalue weighted by Crippen LogP contribution is 2.30. The van der Waals surface area contributed by atoms with Gasteiger partial charge in [0.05, 0.1) is 6.61 Å². The fourth-order valence-electron chi connectivity index (χ4n) is 3.15. The van der Waals surface area contributed by atoms with Crippen LogP contribution in [0.5, 0.6) is 0 Å². The molecule has 0 radical (unpaired) electrons. The Balaban J connectivity index is 1.95. The van der Waals surface area contributed by atoms with Gasteiger partial charge in [-0.05, 0) is 43.7 Å². The highest BCUT2D eigenvalue weighted by Gasteiger charge is 2.26. The first-order valence-electron chi connectivity index (χ1n) is 8.05. The number of carbonyl (C=O) groups excluding carboxylic acids is 2. The number of rotatable bonds is 7. The van der Waals surface area contributed by atoms with Crippen LogP contribution in [0.25, 0.3) is 0 Å². The number of carbonyl (C=O) groups is 2. The third kappa shape index (κ3) is 4.17. The standard InChI is InChI=1S/C18H25NO3/c1-13(11-22-12-20)15-6-8-17(9-7-15)18(21)16-4-2-14(10-19)3-5-16/h6-9,12-14,16H,2-5,10-11,19H2,1H3. The monoisotopic (exact) mass is 303 g/mol. The van der Waals surface area contributed by atoms with E-state index in [9.17, 15) is 9.59 Å². The molecule has 22 heavy (non-hydrogen) atoms. The molecule has 2 rings (SSSR count). The van der Waals surface area contributed by atoms with Crippen molar-refractivity contribution in [1.82, 2.24) is 0 Å². The Bertz CT molecular complexity index is 490. The van der Waals surface area contributed by atoms with Gasteiger partial charge in [-0.2, -0.15) is 0 Å². The molecule has 1 aromatic rings. The predicted octanol–water partition coefficient (Wildman–Crippen LogP) is 2.91. The summed E-state index contributed by atoms with van der Waals surface area (Å²) in [7, 11) is 0. The molecule has 1 aliphatic carbocycles. The smallest absolute Gasteiger partial charge is 0.293 e. The van der Waals surface area contributed by atoms with E-state index in [1.54, 1.807) is 0 Å². The van der Waals surface area contributed by atoms with Crippen LogP contribution >= 0.6 is 0 Å². The van der Waals surface area contributed by atoms with E-state index in [0.29, 0.717) is 19.0 Å². The summed E-state index contributed by atoms with van der Waals surface area (Å²) in [6.45, 7) is 3.55. The zero-order valence-electron chi connectivity index (χ0n) is 13.2. The number of hydrogen-bond donors (Lipinski definition) is 1. The highest BCUT2D eigenvalue weighted by atomic mass is 16.5. The SMILES string of the molecule is CC(COC=O)c1ccc(C(=O)C2CCC(CN)CC2)cc1. The van der Waals surface area contributed by atoms with E-state index in [0.717, 1.165) is 43.4 Å². The van der Waals surface area contributed by atoms with Crippen LogP contribution in [0.15, 0.2) is 24.3 Å². The van der Waals surface area contributed by atoms with Crippen LogP contribution in [-0.4, -0.2) is 25.4 Å². The summed E-state index contributed by atoms with van der Waals surface area (Å²) in [6.07, 6.45) is 4.02. The van der Waals surface area contributed by atoms with Crippen molar-refractivity contribution in [2.24, 2.45) is 17.6 Å². The Kier molecular flexibility index (Phi) is 6.13. The zero-order valence-corrected chi connectivity index (χ0v) is 13.2. The molecule has 4 heteroatoms. The van der Waals surface area contributed by atoms with Crippen molar-refractivity contribution < 1.29 is 14.3 Å². The Morgan fingerprint density at radius 2 is 1.91 bits per heavy atom. The van der Waals surface area contributed by atoms with Gasteiger partial charge in [-0.15, -0.1) is 0 Å². The summed E-state index contributed by atoms with van der Waals surface area (Å²) in [5.41, 5.74) is 7.55. The van der Waals surface area contributed by atoms with Crippen LogP contribution in [0.4, 0.5) is 0 Å². The topological polar surface area (TPSA) is 69.4 Å². The fourth-order valence-corrected chi connectivity index (χ4v) is 3.15. The molecule has 2 N–H and O–H groups in total. The minimum atomic E-state index is 0.134.